The minimum Gasteiger partial charge on any atom is -0.465 e. The molecule has 0 saturated heterocycles. The predicted octanol–water partition coefficient (Wildman–Crippen LogP) is 3.89. The van der Waals surface area contributed by atoms with Gasteiger partial charge in [0, 0.05) is 18.7 Å². The molecule has 0 bridgehead atoms. The van der Waals surface area contributed by atoms with E-state index in [1.807, 2.05) is 26.8 Å². The minimum absolute atomic E-state index is 0.163. The summed E-state index contributed by atoms with van der Waals surface area (Å²) in [4.78, 5) is 39.8. The lowest BCUT2D eigenvalue weighted by Gasteiger charge is -2.17. The molecule has 2 aromatic rings. The van der Waals surface area contributed by atoms with Gasteiger partial charge in [0.15, 0.2) is 0 Å². The molecular formula is C20H24N2O4S. The summed E-state index contributed by atoms with van der Waals surface area (Å²) in [7, 11) is 1.28. The van der Waals surface area contributed by atoms with Gasteiger partial charge in [0.05, 0.1) is 17.6 Å². The number of anilines is 1. The van der Waals surface area contributed by atoms with Gasteiger partial charge in [-0.25, -0.2) is 4.79 Å². The number of benzene rings is 1. The molecule has 0 aliphatic rings. The topological polar surface area (TPSA) is 75.7 Å². The van der Waals surface area contributed by atoms with Crippen LogP contribution in [0, 0.1) is 13.8 Å². The zero-order valence-corrected chi connectivity index (χ0v) is 17.0. The number of rotatable bonds is 6. The molecule has 1 N–H and O–H groups in total. The first kappa shape index (κ1) is 20.6. The first-order chi connectivity index (χ1) is 12.8. The van der Waals surface area contributed by atoms with Gasteiger partial charge in [0.2, 0.25) is 0 Å². The Hall–Kier alpha value is -2.67. The molecule has 7 heteroatoms. The molecule has 6 nitrogen and oxygen atoms in total. The highest BCUT2D eigenvalue weighted by Crippen LogP contribution is 2.35. The Balaban J connectivity index is 2.45. The molecule has 2 rings (SSSR count). The number of thiophene rings is 1. The summed E-state index contributed by atoms with van der Waals surface area (Å²) >= 11 is 1.10. The molecule has 1 aromatic heterocycles. The fourth-order valence-electron chi connectivity index (χ4n) is 2.77. The first-order valence-electron chi connectivity index (χ1n) is 8.72. The van der Waals surface area contributed by atoms with Crippen molar-refractivity contribution < 1.29 is 19.1 Å². The number of nitrogens with one attached hydrogen (secondary N) is 1. The van der Waals surface area contributed by atoms with Crippen LogP contribution < -0.4 is 5.32 Å². The summed E-state index contributed by atoms with van der Waals surface area (Å²) in [5.41, 5.74) is 2.17. The van der Waals surface area contributed by atoms with Crippen molar-refractivity contribution in [2.45, 2.75) is 27.7 Å². The third kappa shape index (κ3) is 4.36. The zero-order valence-electron chi connectivity index (χ0n) is 16.2. The predicted molar refractivity (Wildman–Crippen MR) is 107 cm³/mol. The second kappa shape index (κ2) is 8.81. The van der Waals surface area contributed by atoms with Crippen molar-refractivity contribution >= 4 is 34.1 Å². The lowest BCUT2D eigenvalue weighted by molar-refractivity contribution is 0.0601. The van der Waals surface area contributed by atoms with Gasteiger partial charge in [-0.05, 0) is 45.4 Å². The number of aryl methyl sites for hydroxylation is 1. The van der Waals surface area contributed by atoms with Gasteiger partial charge >= 0.3 is 5.97 Å². The van der Waals surface area contributed by atoms with Crippen LogP contribution in [0.15, 0.2) is 24.3 Å². The average molecular weight is 388 g/mol. The molecule has 0 aliphatic heterocycles. The average Bonchev–Trinajstić information content (AvgIpc) is 2.97. The van der Waals surface area contributed by atoms with Crippen LogP contribution in [0.5, 0.6) is 0 Å². The third-order valence-electron chi connectivity index (χ3n) is 4.29. The molecule has 0 radical (unpaired) electrons. The number of carbonyl (C=O) groups excluding carboxylic acids is 3. The number of amides is 2. The van der Waals surface area contributed by atoms with Gasteiger partial charge in [-0.15, -0.1) is 11.3 Å². The van der Waals surface area contributed by atoms with Gasteiger partial charge in [0.25, 0.3) is 11.8 Å². The van der Waals surface area contributed by atoms with E-state index in [0.29, 0.717) is 34.1 Å². The summed E-state index contributed by atoms with van der Waals surface area (Å²) in [5, 5.41) is 3.09. The summed E-state index contributed by atoms with van der Waals surface area (Å²) in [6.07, 6.45) is 0. The molecule has 0 aliphatic carbocycles. The van der Waals surface area contributed by atoms with E-state index in [1.54, 1.807) is 30.0 Å². The van der Waals surface area contributed by atoms with E-state index >= 15 is 0 Å². The first-order valence-corrected chi connectivity index (χ1v) is 9.54. The van der Waals surface area contributed by atoms with Crippen molar-refractivity contribution in [3.05, 3.63) is 51.4 Å². The molecule has 2 amide bonds. The lowest BCUT2D eigenvalue weighted by Crippen LogP contribution is -2.30. The number of hydrogen-bond donors (Lipinski definition) is 1. The Morgan fingerprint density at radius 3 is 2.37 bits per heavy atom. The molecule has 0 spiro atoms. The van der Waals surface area contributed by atoms with E-state index in [-0.39, 0.29) is 17.4 Å². The maximum absolute atomic E-state index is 12.8. The molecule has 0 atom stereocenters. The van der Waals surface area contributed by atoms with Crippen molar-refractivity contribution in [2.24, 2.45) is 0 Å². The quantitative estimate of drug-likeness (QED) is 0.762. The van der Waals surface area contributed by atoms with Crippen molar-refractivity contribution in [2.75, 3.05) is 25.5 Å². The Morgan fingerprint density at radius 1 is 1.15 bits per heavy atom. The summed E-state index contributed by atoms with van der Waals surface area (Å²) in [6.45, 7) is 8.50. The Kier molecular flexibility index (Phi) is 6.74. The molecular weight excluding hydrogens is 364 g/mol. The standard InChI is InChI=1S/C20H24N2O4S/c1-6-22(7-2)19(24)16-13(4)15(20(25)26-5)18(27-16)21-17(23)14-10-8-9-12(3)11-14/h8-11H,6-7H2,1-5H3,(H,21,23). The van der Waals surface area contributed by atoms with Crippen LogP contribution in [0.3, 0.4) is 0 Å². The highest BCUT2D eigenvalue weighted by Gasteiger charge is 2.28. The monoisotopic (exact) mass is 388 g/mol. The molecule has 27 heavy (non-hydrogen) atoms. The fourth-order valence-corrected chi connectivity index (χ4v) is 3.93. The van der Waals surface area contributed by atoms with Crippen molar-refractivity contribution in [1.29, 1.82) is 0 Å². The second-order valence-corrected chi connectivity index (χ2v) is 7.07. The highest BCUT2D eigenvalue weighted by molar-refractivity contribution is 7.18. The van der Waals surface area contributed by atoms with Crippen LogP contribution in [0.1, 0.15) is 55.4 Å². The number of ether oxygens (including phenoxy) is 1. The van der Waals surface area contributed by atoms with E-state index < -0.39 is 5.97 Å². The number of nitrogens with zero attached hydrogens (tertiary/aromatic N) is 1. The smallest absolute Gasteiger partial charge is 0.341 e. The maximum atomic E-state index is 12.8. The fraction of sp³-hybridized carbons (Fsp3) is 0.350. The van der Waals surface area contributed by atoms with Crippen molar-refractivity contribution in [3.63, 3.8) is 0 Å². The highest BCUT2D eigenvalue weighted by atomic mass is 32.1. The maximum Gasteiger partial charge on any atom is 0.341 e. The molecule has 1 aromatic carbocycles. The summed E-state index contributed by atoms with van der Waals surface area (Å²) in [5.74, 6) is -1.09. The van der Waals surface area contributed by atoms with E-state index in [9.17, 15) is 14.4 Å². The van der Waals surface area contributed by atoms with E-state index in [0.717, 1.165) is 16.9 Å². The largest absolute Gasteiger partial charge is 0.465 e. The normalized spacial score (nSPS) is 10.4. The van der Waals surface area contributed by atoms with E-state index in [1.165, 1.54) is 7.11 Å². The Labute approximate surface area is 163 Å². The minimum atomic E-state index is -0.582. The van der Waals surface area contributed by atoms with Gasteiger partial charge in [-0.2, -0.15) is 0 Å². The van der Waals surface area contributed by atoms with Crippen LogP contribution in [0.2, 0.25) is 0 Å². The number of hydrogen-bond acceptors (Lipinski definition) is 5. The van der Waals surface area contributed by atoms with Crippen LogP contribution in [-0.2, 0) is 4.74 Å². The van der Waals surface area contributed by atoms with Gasteiger partial charge in [-0.3, -0.25) is 9.59 Å². The second-order valence-electron chi connectivity index (χ2n) is 6.05. The van der Waals surface area contributed by atoms with Gasteiger partial charge in [-0.1, -0.05) is 17.7 Å². The van der Waals surface area contributed by atoms with Gasteiger partial charge in [0.1, 0.15) is 5.00 Å². The zero-order chi connectivity index (χ0) is 20.1. The Bertz CT molecular complexity index is 869. The molecule has 144 valence electrons. The Morgan fingerprint density at radius 2 is 1.81 bits per heavy atom. The van der Waals surface area contributed by atoms with Crippen LogP contribution in [-0.4, -0.2) is 42.9 Å². The SMILES string of the molecule is CCN(CC)C(=O)c1sc(NC(=O)c2cccc(C)c2)c(C(=O)OC)c1C. The number of carbonyl (C=O) groups is 3. The summed E-state index contributed by atoms with van der Waals surface area (Å²) in [6, 6.07) is 7.14. The van der Waals surface area contributed by atoms with Crippen molar-refractivity contribution in [1.82, 2.24) is 4.90 Å². The lowest BCUT2D eigenvalue weighted by atomic mass is 10.1. The van der Waals surface area contributed by atoms with E-state index in [4.69, 9.17) is 4.74 Å². The molecule has 0 saturated carbocycles. The van der Waals surface area contributed by atoms with Crippen molar-refractivity contribution in [3.8, 4) is 0 Å². The molecule has 0 unspecified atom stereocenters. The molecule has 1 heterocycles. The summed E-state index contributed by atoms with van der Waals surface area (Å²) < 4.78 is 4.86. The number of esters is 1. The van der Waals surface area contributed by atoms with E-state index in [2.05, 4.69) is 5.32 Å². The third-order valence-corrected chi connectivity index (χ3v) is 5.48. The van der Waals surface area contributed by atoms with Crippen LogP contribution >= 0.6 is 11.3 Å². The van der Waals surface area contributed by atoms with Crippen LogP contribution in [0.25, 0.3) is 0 Å². The number of methoxy groups -OCH3 is 1. The van der Waals surface area contributed by atoms with Crippen LogP contribution in [0.4, 0.5) is 5.00 Å². The van der Waals surface area contributed by atoms with Gasteiger partial charge < -0.3 is 15.0 Å². The molecule has 0 fully saturated rings.